The van der Waals surface area contributed by atoms with E-state index in [1.54, 1.807) is 12.1 Å². The monoisotopic (exact) mass is 474 g/mol. The van der Waals surface area contributed by atoms with Crippen LogP contribution in [0.1, 0.15) is 48.0 Å². The Hall–Kier alpha value is -1.31. The summed E-state index contributed by atoms with van der Waals surface area (Å²) in [6, 6.07) is 9.17. The molecule has 9 heteroatoms. The average Bonchev–Trinajstić information content (AvgIpc) is 2.68. The Balaban J connectivity index is 1.75. The van der Waals surface area contributed by atoms with Crippen LogP contribution in [0.15, 0.2) is 41.3 Å². The van der Waals surface area contributed by atoms with Gasteiger partial charge in [0.2, 0.25) is 10.0 Å². The minimum atomic E-state index is -3.96. The molecule has 2 N–H and O–H groups in total. The zero-order chi connectivity index (χ0) is 21.0. The predicted molar refractivity (Wildman–Crippen MR) is 116 cm³/mol. The van der Waals surface area contributed by atoms with Gasteiger partial charge in [-0.25, -0.2) is 13.1 Å². The lowest BCUT2D eigenvalue weighted by molar-refractivity contribution is 0.0927. The highest BCUT2D eigenvalue weighted by molar-refractivity contribution is 7.89. The summed E-state index contributed by atoms with van der Waals surface area (Å²) in [5, 5.41) is 3.83. The third-order valence-electron chi connectivity index (χ3n) is 4.89. The van der Waals surface area contributed by atoms with Crippen molar-refractivity contribution in [2.45, 2.75) is 49.6 Å². The number of amides is 1. The standard InChI is InChI=1S/C20H21Cl3N2O3S/c21-15-8-6-14(18(23)11-15)12-24-29(27,28)19-10-13(7-9-17(19)22)20(26)25-16-4-2-1-3-5-16/h6-11,16,24H,1-5,12H2,(H,25,26). The van der Waals surface area contributed by atoms with Crippen molar-refractivity contribution in [3.8, 4) is 0 Å². The zero-order valence-corrected chi connectivity index (χ0v) is 18.6. The Morgan fingerprint density at radius 1 is 0.966 bits per heavy atom. The second-order valence-corrected chi connectivity index (χ2v) is 10.0. The number of carbonyl (C=O) groups is 1. The third kappa shape index (κ3) is 5.86. The molecule has 1 fully saturated rings. The largest absolute Gasteiger partial charge is 0.349 e. The van der Waals surface area contributed by atoms with Crippen molar-refractivity contribution in [1.82, 2.24) is 10.0 Å². The summed E-state index contributed by atoms with van der Waals surface area (Å²) in [5.41, 5.74) is 0.826. The number of nitrogens with one attached hydrogen (secondary N) is 2. The normalized spacial score (nSPS) is 15.3. The Labute approximate surface area is 185 Å². The van der Waals surface area contributed by atoms with E-state index in [1.807, 2.05) is 0 Å². The van der Waals surface area contributed by atoms with Crippen LogP contribution >= 0.6 is 34.8 Å². The second kappa shape index (κ2) is 9.67. The molecular formula is C20H21Cl3N2O3S. The number of halogens is 3. The SMILES string of the molecule is O=C(NC1CCCCC1)c1ccc(Cl)c(S(=O)(=O)NCc2ccc(Cl)cc2Cl)c1. The molecule has 0 atom stereocenters. The summed E-state index contributed by atoms with van der Waals surface area (Å²) in [5.74, 6) is -0.300. The van der Waals surface area contributed by atoms with Crippen molar-refractivity contribution in [3.63, 3.8) is 0 Å². The van der Waals surface area contributed by atoms with Gasteiger partial charge in [-0.2, -0.15) is 0 Å². The average molecular weight is 476 g/mol. The molecule has 29 heavy (non-hydrogen) atoms. The van der Waals surface area contributed by atoms with Gasteiger partial charge in [-0.15, -0.1) is 0 Å². The molecule has 156 valence electrons. The van der Waals surface area contributed by atoms with Crippen LogP contribution in [0.25, 0.3) is 0 Å². The third-order valence-corrected chi connectivity index (χ3v) is 7.36. The maximum absolute atomic E-state index is 12.8. The molecule has 1 amide bonds. The lowest BCUT2D eigenvalue weighted by Gasteiger charge is -2.22. The Kier molecular flexibility index (Phi) is 7.46. The van der Waals surface area contributed by atoms with E-state index in [1.165, 1.54) is 30.7 Å². The first-order valence-electron chi connectivity index (χ1n) is 9.30. The van der Waals surface area contributed by atoms with Crippen LogP contribution in [0.5, 0.6) is 0 Å². The van der Waals surface area contributed by atoms with Crippen molar-refractivity contribution in [3.05, 3.63) is 62.6 Å². The van der Waals surface area contributed by atoms with Gasteiger partial charge in [-0.05, 0) is 48.7 Å². The fourth-order valence-electron chi connectivity index (χ4n) is 3.28. The van der Waals surface area contributed by atoms with E-state index in [9.17, 15) is 13.2 Å². The van der Waals surface area contributed by atoms with Crippen LogP contribution in [-0.2, 0) is 16.6 Å². The smallest absolute Gasteiger partial charge is 0.251 e. The van der Waals surface area contributed by atoms with E-state index >= 15 is 0 Å². The number of hydrogen-bond donors (Lipinski definition) is 2. The number of sulfonamides is 1. The quantitative estimate of drug-likeness (QED) is 0.604. The highest BCUT2D eigenvalue weighted by Gasteiger charge is 2.22. The molecule has 0 aliphatic heterocycles. The topological polar surface area (TPSA) is 75.3 Å². The second-order valence-electron chi connectivity index (χ2n) is 7.01. The molecule has 0 radical (unpaired) electrons. The Bertz CT molecular complexity index is 1010. The summed E-state index contributed by atoms with van der Waals surface area (Å²) < 4.78 is 28.0. The maximum Gasteiger partial charge on any atom is 0.251 e. The highest BCUT2D eigenvalue weighted by atomic mass is 35.5. The minimum Gasteiger partial charge on any atom is -0.349 e. The molecule has 0 bridgehead atoms. The number of benzene rings is 2. The fourth-order valence-corrected chi connectivity index (χ4v) is 5.29. The molecule has 1 aliphatic carbocycles. The molecule has 2 aromatic rings. The van der Waals surface area contributed by atoms with E-state index in [4.69, 9.17) is 34.8 Å². The fraction of sp³-hybridized carbons (Fsp3) is 0.350. The van der Waals surface area contributed by atoms with E-state index in [-0.39, 0.29) is 34.0 Å². The van der Waals surface area contributed by atoms with Crippen LogP contribution in [0.2, 0.25) is 15.1 Å². The molecule has 0 heterocycles. The minimum absolute atomic E-state index is 0.0346. The predicted octanol–water partition coefficient (Wildman–Crippen LogP) is 5.19. The van der Waals surface area contributed by atoms with Gasteiger partial charge in [0.05, 0.1) is 5.02 Å². The Morgan fingerprint density at radius 3 is 2.38 bits per heavy atom. The highest BCUT2D eigenvalue weighted by Crippen LogP contribution is 2.25. The van der Waals surface area contributed by atoms with Gasteiger partial charge >= 0.3 is 0 Å². The van der Waals surface area contributed by atoms with Gasteiger partial charge in [-0.3, -0.25) is 4.79 Å². The first kappa shape index (κ1) is 22.4. The summed E-state index contributed by atoms with van der Waals surface area (Å²) in [6.07, 6.45) is 5.23. The van der Waals surface area contributed by atoms with Crippen molar-refractivity contribution in [2.24, 2.45) is 0 Å². The molecule has 0 aromatic heterocycles. The molecule has 0 unspecified atom stereocenters. The van der Waals surface area contributed by atoms with Gasteiger partial charge in [0.15, 0.2) is 0 Å². The first-order valence-corrected chi connectivity index (χ1v) is 11.9. The van der Waals surface area contributed by atoms with E-state index in [0.29, 0.717) is 15.6 Å². The van der Waals surface area contributed by atoms with Crippen LogP contribution in [0.3, 0.4) is 0 Å². The van der Waals surface area contributed by atoms with Crippen LogP contribution in [0.4, 0.5) is 0 Å². The maximum atomic E-state index is 12.8. The van der Waals surface area contributed by atoms with Crippen molar-refractivity contribution in [1.29, 1.82) is 0 Å². The van der Waals surface area contributed by atoms with E-state index < -0.39 is 10.0 Å². The lowest BCUT2D eigenvalue weighted by Crippen LogP contribution is -2.36. The van der Waals surface area contributed by atoms with Crippen LogP contribution < -0.4 is 10.0 Å². The molecule has 0 saturated heterocycles. The van der Waals surface area contributed by atoms with Gasteiger partial charge in [0, 0.05) is 28.2 Å². The summed E-state index contributed by atoms with van der Waals surface area (Å²) >= 11 is 18.1. The Morgan fingerprint density at radius 2 is 1.69 bits per heavy atom. The number of carbonyl (C=O) groups excluding carboxylic acids is 1. The van der Waals surface area contributed by atoms with Crippen molar-refractivity contribution >= 4 is 50.7 Å². The van der Waals surface area contributed by atoms with Crippen LogP contribution in [0, 0.1) is 0 Å². The van der Waals surface area contributed by atoms with Gasteiger partial charge < -0.3 is 5.32 Å². The molecule has 1 aliphatic rings. The molecule has 1 saturated carbocycles. The van der Waals surface area contributed by atoms with Crippen molar-refractivity contribution < 1.29 is 13.2 Å². The van der Waals surface area contributed by atoms with Gasteiger partial charge in [0.25, 0.3) is 5.91 Å². The molecule has 0 spiro atoms. The molecular weight excluding hydrogens is 455 g/mol. The first-order chi connectivity index (χ1) is 13.8. The zero-order valence-electron chi connectivity index (χ0n) is 15.6. The van der Waals surface area contributed by atoms with E-state index in [2.05, 4.69) is 10.0 Å². The summed E-state index contributed by atoms with van der Waals surface area (Å²) in [4.78, 5) is 12.4. The summed E-state index contributed by atoms with van der Waals surface area (Å²) in [7, 11) is -3.96. The summed E-state index contributed by atoms with van der Waals surface area (Å²) in [6.45, 7) is -0.0346. The lowest BCUT2D eigenvalue weighted by atomic mass is 9.95. The van der Waals surface area contributed by atoms with Crippen LogP contribution in [-0.4, -0.2) is 20.4 Å². The number of rotatable bonds is 6. The molecule has 3 rings (SSSR count). The van der Waals surface area contributed by atoms with Gasteiger partial charge in [-0.1, -0.05) is 60.1 Å². The van der Waals surface area contributed by atoms with E-state index in [0.717, 1.165) is 25.7 Å². The molecule has 2 aromatic carbocycles. The van der Waals surface area contributed by atoms with Gasteiger partial charge in [0.1, 0.15) is 4.90 Å². The number of hydrogen-bond acceptors (Lipinski definition) is 3. The molecule has 5 nitrogen and oxygen atoms in total. The van der Waals surface area contributed by atoms with Crippen molar-refractivity contribution in [2.75, 3.05) is 0 Å².